The molecule has 4 heterocycles. The molecule has 0 N–H and O–H groups in total. The molecule has 0 aromatic carbocycles. The molecule has 0 bridgehead atoms. The second kappa shape index (κ2) is 10.3. The van der Waals surface area contributed by atoms with E-state index < -0.39 is 0 Å². The van der Waals surface area contributed by atoms with Gasteiger partial charge in [0.05, 0.1) is 0 Å². The molecule has 0 saturated carbocycles. The molecule has 0 aliphatic rings. The lowest BCUT2D eigenvalue weighted by Crippen LogP contribution is -2.32. The van der Waals surface area contributed by atoms with Crippen LogP contribution in [0.3, 0.4) is 0 Å². The predicted octanol–water partition coefficient (Wildman–Crippen LogP) is 4.60. The van der Waals surface area contributed by atoms with Gasteiger partial charge in [-0.2, -0.15) is 4.57 Å². The Kier molecular flexibility index (Phi) is 7.00. The molecule has 0 amide bonds. The molecule has 4 nitrogen and oxygen atoms in total. The van der Waals surface area contributed by atoms with Crippen LogP contribution in [0.25, 0.3) is 33.6 Å². The zero-order chi connectivity index (χ0) is 22.3. The Balaban J connectivity index is 1.47. The molecule has 32 heavy (non-hydrogen) atoms. The molecule has 4 aromatic rings. The number of aromatic nitrogens is 4. The number of rotatable bonds is 8. The smallest absolute Gasteiger partial charge is 0.230 e. The Morgan fingerprint density at radius 1 is 0.688 bits per heavy atom. The van der Waals surface area contributed by atoms with E-state index in [1.54, 1.807) is 0 Å². The lowest BCUT2D eigenvalue weighted by molar-refractivity contribution is -0.697. The van der Waals surface area contributed by atoms with Gasteiger partial charge >= 0.3 is 0 Å². The topological polar surface area (TPSA) is 24.5 Å². The summed E-state index contributed by atoms with van der Waals surface area (Å²) in [6.07, 6.45) is 17.8. The summed E-state index contributed by atoms with van der Waals surface area (Å²) >= 11 is 0. The zero-order valence-corrected chi connectivity index (χ0v) is 19.4. The van der Waals surface area contributed by atoms with Gasteiger partial charge in [-0.25, -0.2) is 14.1 Å². The molecular weight excluding hydrogens is 392 g/mol. The van der Waals surface area contributed by atoms with Crippen molar-refractivity contribution in [3.8, 4) is 33.6 Å². The van der Waals surface area contributed by atoms with Crippen molar-refractivity contribution >= 4 is 0 Å². The van der Waals surface area contributed by atoms with Crippen molar-refractivity contribution in [1.82, 2.24) is 4.98 Å². The van der Waals surface area contributed by atoms with E-state index in [1.807, 2.05) is 17.8 Å². The van der Waals surface area contributed by atoms with Crippen LogP contribution in [0.4, 0.5) is 0 Å². The fourth-order valence-electron chi connectivity index (χ4n) is 3.97. The van der Waals surface area contributed by atoms with E-state index in [1.165, 1.54) is 42.4 Å². The Bertz CT molecular complexity index is 1150. The summed E-state index contributed by atoms with van der Waals surface area (Å²) in [4.78, 5) is 4.76. The molecule has 4 aromatic heterocycles. The summed E-state index contributed by atoms with van der Waals surface area (Å²) in [6, 6.07) is 17.2. The van der Waals surface area contributed by atoms with Crippen LogP contribution < -0.4 is 13.7 Å². The summed E-state index contributed by atoms with van der Waals surface area (Å²) < 4.78 is 6.47. The maximum atomic E-state index is 4.76. The molecule has 4 rings (SSSR count). The number of pyridine rings is 4. The van der Waals surface area contributed by atoms with Crippen LogP contribution in [0.15, 0.2) is 85.7 Å². The molecule has 0 fully saturated rings. The van der Waals surface area contributed by atoms with E-state index in [4.69, 9.17) is 4.98 Å². The van der Waals surface area contributed by atoms with Gasteiger partial charge in [0, 0.05) is 54.1 Å². The van der Waals surface area contributed by atoms with Crippen LogP contribution in [-0.4, -0.2) is 4.98 Å². The van der Waals surface area contributed by atoms with Gasteiger partial charge in [0.15, 0.2) is 31.0 Å². The molecular formula is C28H33N4+3. The first-order valence-corrected chi connectivity index (χ1v) is 11.6. The van der Waals surface area contributed by atoms with Gasteiger partial charge in [-0.05, 0) is 29.7 Å². The highest BCUT2D eigenvalue weighted by Crippen LogP contribution is 2.22. The molecule has 4 heteroatoms. The Morgan fingerprint density at radius 2 is 1.38 bits per heavy atom. The predicted molar refractivity (Wildman–Crippen MR) is 127 cm³/mol. The molecule has 0 radical (unpaired) electrons. The van der Waals surface area contributed by atoms with Crippen LogP contribution in [0.1, 0.15) is 32.6 Å². The first-order valence-electron chi connectivity index (χ1n) is 11.6. The molecule has 0 atom stereocenters. The summed E-state index contributed by atoms with van der Waals surface area (Å²) in [6.45, 7) is 3.34. The van der Waals surface area contributed by atoms with Crippen LogP contribution >= 0.6 is 0 Å². The maximum absolute atomic E-state index is 4.76. The fourth-order valence-corrected chi connectivity index (χ4v) is 3.97. The van der Waals surface area contributed by atoms with Crippen molar-refractivity contribution in [3.05, 3.63) is 85.7 Å². The Morgan fingerprint density at radius 3 is 2.03 bits per heavy atom. The van der Waals surface area contributed by atoms with E-state index >= 15 is 0 Å². The van der Waals surface area contributed by atoms with Crippen molar-refractivity contribution in [1.29, 1.82) is 0 Å². The number of hydrogen-bond donors (Lipinski definition) is 0. The van der Waals surface area contributed by atoms with Crippen molar-refractivity contribution < 1.29 is 13.7 Å². The van der Waals surface area contributed by atoms with Gasteiger partial charge in [0.1, 0.15) is 26.3 Å². The van der Waals surface area contributed by atoms with Crippen molar-refractivity contribution in [2.75, 3.05) is 0 Å². The monoisotopic (exact) mass is 425 g/mol. The summed E-state index contributed by atoms with van der Waals surface area (Å²) in [5, 5.41) is 0. The highest BCUT2D eigenvalue weighted by molar-refractivity contribution is 5.65. The first kappa shape index (κ1) is 21.8. The average Bonchev–Trinajstić information content (AvgIpc) is 2.83. The van der Waals surface area contributed by atoms with Gasteiger partial charge < -0.3 is 0 Å². The highest BCUT2D eigenvalue weighted by Gasteiger charge is 2.14. The SMILES string of the molecule is CCCCCC[n+]1ccc(-c2ccc(-c3ccc(-c4cc[n+](C)cc4)c[n+]3C)nc2)cc1. The molecule has 162 valence electrons. The van der Waals surface area contributed by atoms with Crippen molar-refractivity contribution in [2.24, 2.45) is 14.1 Å². The largest absolute Gasteiger partial charge is 0.249 e. The number of aryl methyl sites for hydroxylation is 3. The minimum atomic E-state index is 0.976. The zero-order valence-electron chi connectivity index (χ0n) is 19.4. The van der Waals surface area contributed by atoms with Crippen molar-refractivity contribution in [3.63, 3.8) is 0 Å². The maximum Gasteiger partial charge on any atom is 0.230 e. The molecule has 0 aliphatic carbocycles. The Labute approximate surface area is 191 Å². The lowest BCUT2D eigenvalue weighted by atomic mass is 10.1. The van der Waals surface area contributed by atoms with E-state index in [2.05, 4.69) is 103 Å². The normalized spacial score (nSPS) is 11.0. The standard InChI is InChI=1S/C28H33N4/c1-4-5-6-7-16-32-19-14-23(15-20-32)25-8-10-27(29-21-25)28-11-9-26(22-31(28)3)24-12-17-30(2)18-13-24/h8-15,17-22H,4-7,16H2,1-3H3/q+3. The summed E-state index contributed by atoms with van der Waals surface area (Å²) in [5.41, 5.74) is 6.82. The minimum absolute atomic E-state index is 0.976. The molecule has 0 unspecified atom stereocenters. The van der Waals surface area contributed by atoms with Crippen molar-refractivity contribution in [2.45, 2.75) is 39.2 Å². The van der Waals surface area contributed by atoms with Crippen LogP contribution in [0.2, 0.25) is 0 Å². The Hall–Kier alpha value is -3.40. The summed E-state index contributed by atoms with van der Waals surface area (Å²) in [7, 11) is 4.11. The van der Waals surface area contributed by atoms with E-state index in [-0.39, 0.29) is 0 Å². The van der Waals surface area contributed by atoms with Gasteiger partial charge in [-0.1, -0.05) is 25.8 Å². The van der Waals surface area contributed by atoms with E-state index in [0.29, 0.717) is 0 Å². The second-order valence-corrected chi connectivity index (χ2v) is 8.48. The number of hydrogen-bond acceptors (Lipinski definition) is 1. The van der Waals surface area contributed by atoms with Crippen LogP contribution in [0, 0.1) is 0 Å². The van der Waals surface area contributed by atoms with E-state index in [9.17, 15) is 0 Å². The molecule has 0 saturated heterocycles. The van der Waals surface area contributed by atoms with Crippen LogP contribution in [0.5, 0.6) is 0 Å². The number of unbranched alkanes of at least 4 members (excludes halogenated alkanes) is 3. The minimum Gasteiger partial charge on any atom is -0.249 e. The van der Waals surface area contributed by atoms with Gasteiger partial charge in [0.2, 0.25) is 5.69 Å². The fraction of sp³-hybridized carbons (Fsp3) is 0.286. The third-order valence-corrected chi connectivity index (χ3v) is 5.97. The third kappa shape index (κ3) is 5.25. The van der Waals surface area contributed by atoms with Gasteiger partial charge in [-0.15, -0.1) is 0 Å². The van der Waals surface area contributed by atoms with E-state index in [0.717, 1.165) is 23.5 Å². The highest BCUT2D eigenvalue weighted by atomic mass is 14.9. The third-order valence-electron chi connectivity index (χ3n) is 5.97. The molecule has 0 aliphatic heterocycles. The molecule has 0 spiro atoms. The lowest BCUT2D eigenvalue weighted by Gasteiger charge is -2.05. The van der Waals surface area contributed by atoms with Crippen LogP contribution in [-0.2, 0) is 20.6 Å². The second-order valence-electron chi connectivity index (χ2n) is 8.48. The first-order chi connectivity index (χ1) is 15.6. The average molecular weight is 426 g/mol. The van der Waals surface area contributed by atoms with Gasteiger partial charge in [0.25, 0.3) is 0 Å². The quantitative estimate of drug-likeness (QED) is 0.299. The van der Waals surface area contributed by atoms with Gasteiger partial charge in [-0.3, -0.25) is 0 Å². The summed E-state index contributed by atoms with van der Waals surface area (Å²) in [5.74, 6) is 0. The number of nitrogens with zero attached hydrogens (tertiary/aromatic N) is 4.